The van der Waals surface area contributed by atoms with Crippen LogP contribution in [0.4, 0.5) is 0 Å². The number of pyridine rings is 1. The third-order valence-electron chi connectivity index (χ3n) is 6.47. The van der Waals surface area contributed by atoms with Gasteiger partial charge in [0.1, 0.15) is 0 Å². The maximum absolute atomic E-state index is 13.0. The van der Waals surface area contributed by atoms with E-state index in [0.717, 1.165) is 45.6 Å². The van der Waals surface area contributed by atoms with E-state index in [0.29, 0.717) is 12.6 Å². The number of hydrogen-bond acceptors (Lipinski definition) is 5. The van der Waals surface area contributed by atoms with E-state index in [9.17, 15) is 9.90 Å². The number of nitrogens with zero attached hydrogens (tertiary/aromatic N) is 4. The fraction of sp³-hybridized carbons (Fsp3) is 0.739. The van der Waals surface area contributed by atoms with Crippen molar-refractivity contribution in [2.24, 2.45) is 11.3 Å². The summed E-state index contributed by atoms with van der Waals surface area (Å²) < 4.78 is 0. The lowest BCUT2D eigenvalue weighted by Crippen LogP contribution is -2.51. The van der Waals surface area contributed by atoms with Crippen molar-refractivity contribution in [1.29, 1.82) is 0 Å². The van der Waals surface area contributed by atoms with E-state index < -0.39 is 0 Å². The van der Waals surface area contributed by atoms with Gasteiger partial charge in [-0.1, -0.05) is 19.9 Å². The highest BCUT2D eigenvalue weighted by Gasteiger charge is 2.34. The molecule has 2 aliphatic heterocycles. The monoisotopic (exact) mass is 402 g/mol. The van der Waals surface area contributed by atoms with Crippen LogP contribution in [0.3, 0.4) is 0 Å². The van der Waals surface area contributed by atoms with Gasteiger partial charge in [0.25, 0.3) is 0 Å². The topological polar surface area (TPSA) is 59.9 Å². The van der Waals surface area contributed by atoms with Gasteiger partial charge < -0.3 is 10.0 Å². The molecule has 6 heteroatoms. The third-order valence-corrected chi connectivity index (χ3v) is 6.47. The van der Waals surface area contributed by atoms with Gasteiger partial charge in [0.2, 0.25) is 5.91 Å². The highest BCUT2D eigenvalue weighted by Crippen LogP contribution is 2.26. The molecule has 0 saturated carbocycles. The molecule has 0 spiro atoms. The lowest BCUT2D eigenvalue weighted by molar-refractivity contribution is -0.138. The molecule has 1 aromatic rings. The summed E-state index contributed by atoms with van der Waals surface area (Å²) in [6.07, 6.45) is 8.22. The van der Waals surface area contributed by atoms with Gasteiger partial charge in [-0.2, -0.15) is 0 Å². The zero-order chi connectivity index (χ0) is 20.9. The minimum Gasteiger partial charge on any atom is -0.396 e. The Bertz CT molecular complexity index is 644. The fourth-order valence-electron chi connectivity index (χ4n) is 4.81. The van der Waals surface area contributed by atoms with Crippen molar-refractivity contribution in [1.82, 2.24) is 19.7 Å². The van der Waals surface area contributed by atoms with Crippen LogP contribution in [0.2, 0.25) is 0 Å². The van der Waals surface area contributed by atoms with E-state index in [-0.39, 0.29) is 23.8 Å². The number of likely N-dealkylation sites (tertiary alicyclic amines) is 2. The van der Waals surface area contributed by atoms with Crippen molar-refractivity contribution in [3.8, 4) is 0 Å². The van der Waals surface area contributed by atoms with Gasteiger partial charge in [0, 0.05) is 57.1 Å². The molecular formula is C23H38N4O2. The number of hydrogen-bond donors (Lipinski definition) is 1. The minimum atomic E-state index is -0.250. The molecule has 6 nitrogen and oxygen atoms in total. The maximum atomic E-state index is 13.0. The number of piperidine rings is 2. The smallest absolute Gasteiger partial charge is 0.226 e. The molecule has 0 bridgehead atoms. The fourth-order valence-corrected chi connectivity index (χ4v) is 4.81. The lowest BCUT2D eigenvalue weighted by atomic mass is 9.91. The SMILES string of the molecule is CN(CC(C)(C)CO)C(=O)[C@@H]1CCCN(C2CCN(Cc3cccnc3)CC2)C1. The first kappa shape index (κ1) is 22.2. The normalized spacial score (nSPS) is 22.6. The molecule has 0 unspecified atom stereocenters. The molecule has 1 amide bonds. The molecule has 2 saturated heterocycles. The summed E-state index contributed by atoms with van der Waals surface area (Å²) in [5.41, 5.74) is 1.03. The first-order valence-corrected chi connectivity index (χ1v) is 11.1. The Morgan fingerprint density at radius 2 is 2.03 bits per heavy atom. The Balaban J connectivity index is 1.48. The van der Waals surface area contributed by atoms with Crippen LogP contribution in [0.15, 0.2) is 24.5 Å². The molecule has 29 heavy (non-hydrogen) atoms. The predicted molar refractivity (Wildman–Crippen MR) is 115 cm³/mol. The van der Waals surface area contributed by atoms with Gasteiger partial charge in [0.05, 0.1) is 5.92 Å². The molecule has 3 rings (SSSR count). The second-order valence-electron chi connectivity index (χ2n) is 9.72. The first-order valence-electron chi connectivity index (χ1n) is 11.1. The van der Waals surface area contributed by atoms with Gasteiger partial charge in [-0.15, -0.1) is 0 Å². The second kappa shape index (κ2) is 10.0. The third kappa shape index (κ3) is 6.24. The Kier molecular flexibility index (Phi) is 7.66. The van der Waals surface area contributed by atoms with Gasteiger partial charge in [-0.3, -0.25) is 19.6 Å². The molecule has 0 aromatic carbocycles. The Hall–Kier alpha value is -1.50. The summed E-state index contributed by atoms with van der Waals surface area (Å²) in [6, 6.07) is 4.75. The Morgan fingerprint density at radius 1 is 1.28 bits per heavy atom. The number of carbonyl (C=O) groups is 1. The molecule has 1 aromatic heterocycles. The molecule has 162 valence electrons. The predicted octanol–water partition coefficient (Wildman–Crippen LogP) is 2.23. The number of carbonyl (C=O) groups excluding carboxylic acids is 1. The molecule has 2 fully saturated rings. The number of rotatable bonds is 7. The summed E-state index contributed by atoms with van der Waals surface area (Å²) in [4.78, 5) is 24.1. The highest BCUT2D eigenvalue weighted by molar-refractivity contribution is 5.79. The number of aromatic nitrogens is 1. The van der Waals surface area contributed by atoms with Crippen molar-refractivity contribution in [2.45, 2.75) is 52.1 Å². The molecule has 1 N–H and O–H groups in total. The van der Waals surface area contributed by atoms with E-state index in [1.54, 1.807) is 0 Å². The lowest BCUT2D eigenvalue weighted by Gasteiger charge is -2.43. The van der Waals surface area contributed by atoms with Crippen molar-refractivity contribution in [3.05, 3.63) is 30.1 Å². The van der Waals surface area contributed by atoms with Gasteiger partial charge in [-0.25, -0.2) is 0 Å². The van der Waals surface area contributed by atoms with Crippen LogP contribution < -0.4 is 0 Å². The van der Waals surface area contributed by atoms with Crippen molar-refractivity contribution >= 4 is 5.91 Å². The van der Waals surface area contributed by atoms with Crippen molar-refractivity contribution in [3.63, 3.8) is 0 Å². The number of aliphatic hydroxyl groups excluding tert-OH is 1. The maximum Gasteiger partial charge on any atom is 0.226 e. The van der Waals surface area contributed by atoms with Crippen LogP contribution >= 0.6 is 0 Å². The van der Waals surface area contributed by atoms with Crippen molar-refractivity contribution in [2.75, 3.05) is 46.4 Å². The average Bonchev–Trinajstić information content (AvgIpc) is 2.74. The van der Waals surface area contributed by atoms with Crippen LogP contribution in [-0.2, 0) is 11.3 Å². The number of aliphatic hydroxyl groups is 1. The zero-order valence-corrected chi connectivity index (χ0v) is 18.4. The standard InChI is InChI=1S/C23H38N4O2/c1-23(2,18-28)17-25(3)22(29)20-7-5-11-27(16-20)21-8-12-26(13-9-21)15-19-6-4-10-24-14-19/h4,6,10,14,20-21,28H,5,7-9,11-13,15-18H2,1-3H3/t20-/m1/s1. The van der Waals surface area contributed by atoms with Gasteiger partial charge >= 0.3 is 0 Å². The van der Waals surface area contributed by atoms with E-state index >= 15 is 0 Å². The molecule has 2 aliphatic rings. The summed E-state index contributed by atoms with van der Waals surface area (Å²) in [5, 5.41) is 9.51. The number of amides is 1. The zero-order valence-electron chi connectivity index (χ0n) is 18.4. The van der Waals surface area contributed by atoms with Crippen molar-refractivity contribution < 1.29 is 9.90 Å². The molecular weight excluding hydrogens is 364 g/mol. The second-order valence-corrected chi connectivity index (χ2v) is 9.72. The Morgan fingerprint density at radius 3 is 2.69 bits per heavy atom. The van der Waals surface area contributed by atoms with Crippen LogP contribution in [0.5, 0.6) is 0 Å². The van der Waals surface area contributed by atoms with Gasteiger partial charge in [-0.05, 0) is 56.9 Å². The average molecular weight is 403 g/mol. The van der Waals surface area contributed by atoms with Gasteiger partial charge in [0.15, 0.2) is 0 Å². The molecule has 0 radical (unpaired) electrons. The Labute approximate surface area is 175 Å². The van der Waals surface area contributed by atoms with E-state index in [1.165, 1.54) is 18.4 Å². The summed E-state index contributed by atoms with van der Waals surface area (Å²) in [7, 11) is 1.88. The molecule has 3 heterocycles. The summed E-state index contributed by atoms with van der Waals surface area (Å²) >= 11 is 0. The van der Waals surface area contributed by atoms with E-state index in [2.05, 4.69) is 20.9 Å². The quantitative estimate of drug-likeness (QED) is 0.758. The summed E-state index contributed by atoms with van der Waals surface area (Å²) in [6.45, 7) is 9.90. The highest BCUT2D eigenvalue weighted by atomic mass is 16.3. The van der Waals surface area contributed by atoms with Crippen LogP contribution in [0.1, 0.15) is 45.1 Å². The summed E-state index contributed by atoms with van der Waals surface area (Å²) in [5.74, 6) is 0.335. The molecule has 1 atom stereocenters. The molecule has 0 aliphatic carbocycles. The van der Waals surface area contributed by atoms with Crippen LogP contribution in [-0.4, -0.2) is 83.1 Å². The minimum absolute atomic E-state index is 0.0941. The largest absolute Gasteiger partial charge is 0.396 e. The van der Waals surface area contributed by atoms with Crippen LogP contribution in [0, 0.1) is 11.3 Å². The van der Waals surface area contributed by atoms with E-state index in [1.807, 2.05) is 44.3 Å². The first-order chi connectivity index (χ1) is 13.9. The van der Waals surface area contributed by atoms with Crippen LogP contribution in [0.25, 0.3) is 0 Å². The van der Waals surface area contributed by atoms with E-state index in [4.69, 9.17) is 0 Å².